The molecular weight excluding hydrogens is 210 g/mol. The molecule has 82 valence electrons. The molecule has 2 nitrogen and oxygen atoms in total. The van der Waals surface area contributed by atoms with Gasteiger partial charge in [-0.05, 0) is 41.5 Å². The van der Waals surface area contributed by atoms with Gasteiger partial charge in [0.05, 0.1) is 0 Å². The van der Waals surface area contributed by atoms with Crippen molar-refractivity contribution < 1.29 is 8.78 Å². The second kappa shape index (κ2) is 3.56. The molecule has 16 heavy (non-hydrogen) atoms. The molecule has 0 aliphatic heterocycles. The summed E-state index contributed by atoms with van der Waals surface area (Å²) in [7, 11) is 0. The Labute approximate surface area is 91.2 Å². The van der Waals surface area contributed by atoms with Gasteiger partial charge in [-0.15, -0.1) is 0 Å². The van der Waals surface area contributed by atoms with E-state index in [0.29, 0.717) is 16.3 Å². The topological polar surface area (TPSA) is 49.9 Å². The van der Waals surface area contributed by atoms with E-state index < -0.39 is 11.6 Å². The van der Waals surface area contributed by atoms with Gasteiger partial charge >= 0.3 is 0 Å². The van der Waals surface area contributed by atoms with E-state index in [1.165, 1.54) is 0 Å². The number of rotatable bonds is 1. The van der Waals surface area contributed by atoms with Gasteiger partial charge in [0.1, 0.15) is 5.84 Å². The Morgan fingerprint density at radius 1 is 1.06 bits per heavy atom. The summed E-state index contributed by atoms with van der Waals surface area (Å²) in [5, 5.41) is 8.49. The number of benzene rings is 2. The smallest absolute Gasteiger partial charge is 0.159 e. The molecule has 3 N–H and O–H groups in total. The zero-order valence-electron chi connectivity index (χ0n) is 8.64. The molecule has 0 spiro atoms. The van der Waals surface area contributed by atoms with Gasteiger partial charge in [0.25, 0.3) is 0 Å². The van der Waals surface area contributed by atoms with Gasteiger partial charge in [-0.3, -0.25) is 5.41 Å². The molecule has 0 aliphatic rings. The highest BCUT2D eigenvalue weighted by Crippen LogP contribution is 2.22. The maximum Gasteiger partial charge on any atom is 0.159 e. The molecule has 0 atom stereocenters. The Hall–Kier alpha value is -1.97. The van der Waals surface area contributed by atoms with Gasteiger partial charge in [0, 0.05) is 5.56 Å². The van der Waals surface area contributed by atoms with Crippen LogP contribution in [0.15, 0.2) is 24.3 Å². The average molecular weight is 220 g/mol. The Morgan fingerprint density at radius 3 is 2.06 bits per heavy atom. The average Bonchev–Trinajstić information content (AvgIpc) is 2.19. The minimum absolute atomic E-state index is 0.0795. The first-order chi connectivity index (χ1) is 7.49. The first-order valence-electron chi connectivity index (χ1n) is 4.73. The number of fused-ring (bicyclic) bond motifs is 1. The van der Waals surface area contributed by atoms with Crippen molar-refractivity contribution in [2.24, 2.45) is 5.73 Å². The lowest BCUT2D eigenvalue weighted by atomic mass is 10.0. The first-order valence-corrected chi connectivity index (χ1v) is 4.73. The SMILES string of the molecule is Cc1cc2cc(F)c(F)cc2cc1C(=N)N. The summed E-state index contributed by atoms with van der Waals surface area (Å²) in [6.07, 6.45) is 0. The van der Waals surface area contributed by atoms with Crippen molar-refractivity contribution in [1.29, 1.82) is 5.41 Å². The van der Waals surface area contributed by atoms with Crippen LogP contribution in [0.25, 0.3) is 10.8 Å². The third-order valence-electron chi connectivity index (χ3n) is 2.51. The predicted octanol–water partition coefficient (Wildman–Crippen LogP) is 2.71. The second-order valence-electron chi connectivity index (χ2n) is 3.69. The molecule has 0 amide bonds. The summed E-state index contributed by atoms with van der Waals surface area (Å²) in [6.45, 7) is 1.78. The van der Waals surface area contributed by atoms with Crippen LogP contribution in [-0.4, -0.2) is 5.84 Å². The van der Waals surface area contributed by atoms with E-state index in [2.05, 4.69) is 0 Å². The molecule has 0 heterocycles. The van der Waals surface area contributed by atoms with Crippen molar-refractivity contribution in [2.75, 3.05) is 0 Å². The molecule has 0 saturated heterocycles. The molecule has 0 fully saturated rings. The monoisotopic (exact) mass is 220 g/mol. The van der Waals surface area contributed by atoms with Gasteiger partial charge in [-0.2, -0.15) is 0 Å². The van der Waals surface area contributed by atoms with Crippen LogP contribution in [0.1, 0.15) is 11.1 Å². The number of amidine groups is 1. The van der Waals surface area contributed by atoms with E-state index in [9.17, 15) is 8.78 Å². The number of hydrogen-bond donors (Lipinski definition) is 2. The van der Waals surface area contributed by atoms with Crippen LogP contribution in [0.2, 0.25) is 0 Å². The predicted molar refractivity (Wildman–Crippen MR) is 59.6 cm³/mol. The van der Waals surface area contributed by atoms with Crippen LogP contribution >= 0.6 is 0 Å². The fraction of sp³-hybridized carbons (Fsp3) is 0.0833. The van der Waals surface area contributed by atoms with Crippen molar-refractivity contribution in [1.82, 2.24) is 0 Å². The van der Waals surface area contributed by atoms with Crippen LogP contribution in [0.5, 0.6) is 0 Å². The van der Waals surface area contributed by atoms with Crippen molar-refractivity contribution >= 4 is 16.6 Å². The summed E-state index contributed by atoms with van der Waals surface area (Å²) >= 11 is 0. The summed E-state index contributed by atoms with van der Waals surface area (Å²) in [6, 6.07) is 5.53. The molecule has 0 bridgehead atoms. The van der Waals surface area contributed by atoms with Gasteiger partial charge in [0.15, 0.2) is 11.6 Å². The van der Waals surface area contributed by atoms with Crippen molar-refractivity contribution in [3.05, 3.63) is 47.0 Å². The van der Waals surface area contributed by atoms with Crippen molar-refractivity contribution in [3.8, 4) is 0 Å². The normalized spacial score (nSPS) is 10.7. The van der Waals surface area contributed by atoms with E-state index >= 15 is 0 Å². The lowest BCUT2D eigenvalue weighted by Gasteiger charge is -2.07. The molecule has 0 radical (unpaired) electrons. The number of nitrogens with one attached hydrogen (secondary N) is 1. The largest absolute Gasteiger partial charge is 0.384 e. The lowest BCUT2D eigenvalue weighted by Crippen LogP contribution is -2.12. The van der Waals surface area contributed by atoms with E-state index in [1.54, 1.807) is 19.1 Å². The molecular formula is C12H10F2N2. The Bertz CT molecular complexity index is 591. The number of aryl methyl sites for hydroxylation is 1. The van der Waals surface area contributed by atoms with Crippen LogP contribution < -0.4 is 5.73 Å². The molecule has 0 aliphatic carbocycles. The van der Waals surface area contributed by atoms with Crippen LogP contribution in [-0.2, 0) is 0 Å². The first kappa shape index (κ1) is 10.5. The van der Waals surface area contributed by atoms with Crippen molar-refractivity contribution in [3.63, 3.8) is 0 Å². The fourth-order valence-corrected chi connectivity index (χ4v) is 1.70. The standard InChI is InChI=1S/C12H10F2N2/c1-6-2-7-4-10(13)11(14)5-8(7)3-9(6)12(15)16/h2-5H,1H3,(H3,15,16). The maximum atomic E-state index is 13.0. The number of hydrogen-bond acceptors (Lipinski definition) is 1. The Kier molecular flexibility index (Phi) is 2.34. The molecule has 2 rings (SSSR count). The van der Waals surface area contributed by atoms with Crippen LogP contribution in [0, 0.1) is 24.0 Å². The molecule has 0 unspecified atom stereocenters. The maximum absolute atomic E-state index is 13.0. The van der Waals surface area contributed by atoms with Crippen LogP contribution in [0.4, 0.5) is 8.78 Å². The Balaban J connectivity index is 2.79. The van der Waals surface area contributed by atoms with Crippen molar-refractivity contribution in [2.45, 2.75) is 6.92 Å². The summed E-state index contributed by atoms with van der Waals surface area (Å²) < 4.78 is 26.0. The molecule has 2 aromatic rings. The van der Waals surface area contributed by atoms with E-state index in [1.807, 2.05) is 0 Å². The highest BCUT2D eigenvalue weighted by molar-refractivity contribution is 6.00. The molecule has 2 aromatic carbocycles. The molecule has 0 saturated carbocycles. The van der Waals surface area contributed by atoms with Gasteiger partial charge in [-0.1, -0.05) is 6.07 Å². The van der Waals surface area contributed by atoms with E-state index in [4.69, 9.17) is 11.1 Å². The summed E-state index contributed by atoms with van der Waals surface area (Å²) in [4.78, 5) is 0. The van der Waals surface area contributed by atoms with E-state index in [0.717, 1.165) is 17.7 Å². The second-order valence-corrected chi connectivity index (χ2v) is 3.69. The van der Waals surface area contributed by atoms with E-state index in [-0.39, 0.29) is 5.84 Å². The quantitative estimate of drug-likeness (QED) is 0.563. The Morgan fingerprint density at radius 2 is 1.56 bits per heavy atom. The fourth-order valence-electron chi connectivity index (χ4n) is 1.70. The number of nitrogens with two attached hydrogens (primary N) is 1. The minimum atomic E-state index is -0.897. The number of halogens is 2. The molecule has 4 heteroatoms. The molecule has 0 aromatic heterocycles. The minimum Gasteiger partial charge on any atom is -0.384 e. The lowest BCUT2D eigenvalue weighted by molar-refractivity contribution is 0.511. The van der Waals surface area contributed by atoms with Crippen LogP contribution in [0.3, 0.4) is 0 Å². The zero-order valence-corrected chi connectivity index (χ0v) is 8.64. The van der Waals surface area contributed by atoms with Gasteiger partial charge < -0.3 is 5.73 Å². The zero-order chi connectivity index (χ0) is 11.9. The highest BCUT2D eigenvalue weighted by Gasteiger charge is 2.08. The summed E-state index contributed by atoms with van der Waals surface area (Å²) in [5.74, 6) is -1.85. The highest BCUT2D eigenvalue weighted by atomic mass is 19.2. The summed E-state index contributed by atoms with van der Waals surface area (Å²) in [5.41, 5.74) is 6.70. The third kappa shape index (κ3) is 1.62. The van der Waals surface area contributed by atoms with Gasteiger partial charge in [-0.25, -0.2) is 8.78 Å². The third-order valence-corrected chi connectivity index (χ3v) is 2.51. The van der Waals surface area contributed by atoms with Gasteiger partial charge in [0.2, 0.25) is 0 Å². The number of nitrogen functional groups attached to an aromatic ring is 1.